The SMILES string of the molecule is CCOCc1nc(NN)cc(N(C)C2CCCC(C)C2)n1. The summed E-state index contributed by atoms with van der Waals surface area (Å²) < 4.78 is 5.40. The monoisotopic (exact) mass is 293 g/mol. The van der Waals surface area contributed by atoms with Gasteiger partial charge in [0.2, 0.25) is 0 Å². The molecule has 0 amide bonds. The molecule has 0 saturated heterocycles. The first-order valence-corrected chi connectivity index (χ1v) is 7.79. The van der Waals surface area contributed by atoms with Gasteiger partial charge in [-0.15, -0.1) is 0 Å². The van der Waals surface area contributed by atoms with E-state index in [9.17, 15) is 0 Å². The number of ether oxygens (including phenoxy) is 1. The van der Waals surface area contributed by atoms with E-state index in [0.29, 0.717) is 30.9 Å². The highest BCUT2D eigenvalue weighted by Gasteiger charge is 2.23. The summed E-state index contributed by atoms with van der Waals surface area (Å²) in [6.45, 7) is 5.34. The highest BCUT2D eigenvalue weighted by Crippen LogP contribution is 2.29. The van der Waals surface area contributed by atoms with Crippen molar-refractivity contribution >= 4 is 11.6 Å². The van der Waals surface area contributed by atoms with Crippen LogP contribution in [0.4, 0.5) is 11.6 Å². The zero-order chi connectivity index (χ0) is 15.2. The number of nitrogens with two attached hydrogens (primary N) is 1. The molecule has 3 N–H and O–H groups in total. The van der Waals surface area contributed by atoms with Crippen molar-refractivity contribution in [3.05, 3.63) is 11.9 Å². The third kappa shape index (κ3) is 4.28. The van der Waals surface area contributed by atoms with E-state index in [0.717, 1.165) is 11.7 Å². The van der Waals surface area contributed by atoms with E-state index < -0.39 is 0 Å². The molecular formula is C15H27N5O. The van der Waals surface area contributed by atoms with Crippen LogP contribution in [0.15, 0.2) is 6.07 Å². The van der Waals surface area contributed by atoms with E-state index in [2.05, 4.69) is 34.3 Å². The van der Waals surface area contributed by atoms with Crippen LogP contribution in [-0.4, -0.2) is 29.7 Å². The molecule has 6 heteroatoms. The Morgan fingerprint density at radius 3 is 2.90 bits per heavy atom. The van der Waals surface area contributed by atoms with E-state index in [1.165, 1.54) is 25.7 Å². The van der Waals surface area contributed by atoms with E-state index in [1.807, 2.05) is 13.0 Å². The third-order valence-electron chi connectivity index (χ3n) is 4.16. The van der Waals surface area contributed by atoms with Crippen LogP contribution in [0.3, 0.4) is 0 Å². The van der Waals surface area contributed by atoms with Crippen LogP contribution in [0.1, 0.15) is 45.4 Å². The van der Waals surface area contributed by atoms with Crippen molar-refractivity contribution in [2.45, 2.75) is 52.2 Å². The second kappa shape index (κ2) is 7.56. The topological polar surface area (TPSA) is 76.3 Å². The summed E-state index contributed by atoms with van der Waals surface area (Å²) in [5.74, 6) is 8.50. The molecule has 1 aromatic rings. The van der Waals surface area contributed by atoms with Crippen molar-refractivity contribution < 1.29 is 4.74 Å². The van der Waals surface area contributed by atoms with Crippen LogP contribution in [0, 0.1) is 5.92 Å². The third-order valence-corrected chi connectivity index (χ3v) is 4.16. The second-order valence-corrected chi connectivity index (χ2v) is 5.85. The maximum Gasteiger partial charge on any atom is 0.158 e. The smallest absolute Gasteiger partial charge is 0.158 e. The van der Waals surface area contributed by atoms with E-state index >= 15 is 0 Å². The Hall–Kier alpha value is -1.40. The molecule has 1 saturated carbocycles. The molecule has 2 unspecified atom stereocenters. The van der Waals surface area contributed by atoms with Crippen LogP contribution in [0.5, 0.6) is 0 Å². The molecule has 118 valence electrons. The Kier molecular flexibility index (Phi) is 5.76. The van der Waals surface area contributed by atoms with Crippen LogP contribution in [0.2, 0.25) is 0 Å². The zero-order valence-corrected chi connectivity index (χ0v) is 13.3. The quantitative estimate of drug-likeness (QED) is 0.619. The minimum Gasteiger partial charge on any atom is -0.374 e. The molecule has 0 aliphatic heterocycles. The van der Waals surface area contributed by atoms with Gasteiger partial charge in [0.25, 0.3) is 0 Å². The van der Waals surface area contributed by atoms with Crippen molar-refractivity contribution in [1.82, 2.24) is 9.97 Å². The van der Waals surface area contributed by atoms with Crippen molar-refractivity contribution in [1.29, 1.82) is 0 Å². The number of anilines is 2. The van der Waals surface area contributed by atoms with Gasteiger partial charge in [0.05, 0.1) is 0 Å². The Labute approximate surface area is 127 Å². The maximum atomic E-state index is 5.52. The largest absolute Gasteiger partial charge is 0.374 e. The highest BCUT2D eigenvalue weighted by atomic mass is 16.5. The number of rotatable bonds is 6. The molecule has 1 fully saturated rings. The predicted octanol–water partition coefficient (Wildman–Crippen LogP) is 2.31. The molecule has 0 radical (unpaired) electrons. The Balaban J connectivity index is 2.16. The summed E-state index contributed by atoms with van der Waals surface area (Å²) in [5, 5.41) is 0. The van der Waals surface area contributed by atoms with Crippen molar-refractivity contribution in [2.24, 2.45) is 11.8 Å². The molecular weight excluding hydrogens is 266 g/mol. The number of nitrogens with one attached hydrogen (secondary N) is 1. The standard InChI is InChI=1S/C15H27N5O/c1-4-21-10-14-17-13(19-16)9-15(18-14)20(3)12-7-5-6-11(2)8-12/h9,11-12H,4-8,10,16H2,1-3H3,(H,17,18,19). The number of hydrazine groups is 1. The van der Waals surface area contributed by atoms with Crippen molar-refractivity contribution in [3.8, 4) is 0 Å². The fourth-order valence-electron chi connectivity index (χ4n) is 2.94. The molecule has 0 bridgehead atoms. The highest BCUT2D eigenvalue weighted by molar-refractivity contribution is 5.49. The van der Waals surface area contributed by atoms with Gasteiger partial charge in [0.1, 0.15) is 18.2 Å². The van der Waals surface area contributed by atoms with Crippen molar-refractivity contribution in [3.63, 3.8) is 0 Å². The maximum absolute atomic E-state index is 5.52. The van der Waals surface area contributed by atoms with Gasteiger partial charge in [0.15, 0.2) is 5.82 Å². The average Bonchev–Trinajstić information content (AvgIpc) is 2.51. The lowest BCUT2D eigenvalue weighted by Crippen LogP contribution is -2.36. The lowest BCUT2D eigenvalue weighted by Gasteiger charge is -2.35. The average molecular weight is 293 g/mol. The summed E-state index contributed by atoms with van der Waals surface area (Å²) in [6, 6.07) is 2.43. The number of nitrogens with zero attached hydrogens (tertiary/aromatic N) is 3. The van der Waals surface area contributed by atoms with Gasteiger partial charge in [-0.1, -0.05) is 19.8 Å². The molecule has 1 aliphatic carbocycles. The van der Waals surface area contributed by atoms with Crippen molar-refractivity contribution in [2.75, 3.05) is 24.0 Å². The molecule has 21 heavy (non-hydrogen) atoms. The normalized spacial score (nSPS) is 22.1. The Morgan fingerprint density at radius 1 is 1.43 bits per heavy atom. The number of aromatic nitrogens is 2. The van der Waals surface area contributed by atoms with Crippen LogP contribution in [-0.2, 0) is 11.3 Å². The van der Waals surface area contributed by atoms with Crippen LogP contribution in [0.25, 0.3) is 0 Å². The summed E-state index contributed by atoms with van der Waals surface area (Å²) >= 11 is 0. The Bertz CT molecular complexity index is 454. The fraction of sp³-hybridized carbons (Fsp3) is 0.733. The zero-order valence-electron chi connectivity index (χ0n) is 13.3. The summed E-state index contributed by atoms with van der Waals surface area (Å²) in [6.07, 6.45) is 5.05. The van der Waals surface area contributed by atoms with E-state index in [4.69, 9.17) is 10.6 Å². The van der Waals surface area contributed by atoms with Crippen LogP contribution < -0.4 is 16.2 Å². The van der Waals surface area contributed by atoms with Gasteiger partial charge in [-0.3, -0.25) is 0 Å². The number of hydrogen-bond acceptors (Lipinski definition) is 6. The molecule has 2 rings (SSSR count). The number of hydrogen-bond donors (Lipinski definition) is 2. The molecule has 0 aromatic carbocycles. The molecule has 6 nitrogen and oxygen atoms in total. The molecule has 1 aliphatic rings. The first-order valence-electron chi connectivity index (χ1n) is 7.79. The van der Waals surface area contributed by atoms with E-state index in [1.54, 1.807) is 0 Å². The van der Waals surface area contributed by atoms with Gasteiger partial charge in [0, 0.05) is 25.8 Å². The van der Waals surface area contributed by atoms with Gasteiger partial charge < -0.3 is 15.1 Å². The van der Waals surface area contributed by atoms with E-state index in [-0.39, 0.29) is 0 Å². The first kappa shape index (κ1) is 16.0. The minimum atomic E-state index is 0.411. The predicted molar refractivity (Wildman–Crippen MR) is 85.0 cm³/mol. The molecule has 0 spiro atoms. The first-order chi connectivity index (χ1) is 10.1. The lowest BCUT2D eigenvalue weighted by atomic mass is 9.86. The summed E-state index contributed by atoms with van der Waals surface area (Å²) in [4.78, 5) is 11.2. The molecule has 1 heterocycles. The van der Waals surface area contributed by atoms with Crippen LogP contribution >= 0.6 is 0 Å². The van der Waals surface area contributed by atoms with Gasteiger partial charge in [-0.05, 0) is 25.7 Å². The van der Waals surface area contributed by atoms with Gasteiger partial charge in [-0.25, -0.2) is 15.8 Å². The van der Waals surface area contributed by atoms with Gasteiger partial charge >= 0.3 is 0 Å². The second-order valence-electron chi connectivity index (χ2n) is 5.85. The summed E-state index contributed by atoms with van der Waals surface area (Å²) in [5.41, 5.74) is 2.62. The fourth-order valence-corrected chi connectivity index (χ4v) is 2.94. The molecule has 2 atom stereocenters. The van der Waals surface area contributed by atoms with Gasteiger partial charge in [-0.2, -0.15) is 0 Å². The Morgan fingerprint density at radius 2 is 2.24 bits per heavy atom. The lowest BCUT2D eigenvalue weighted by molar-refractivity contribution is 0.128. The minimum absolute atomic E-state index is 0.411. The summed E-state index contributed by atoms with van der Waals surface area (Å²) in [7, 11) is 2.11. The number of nitrogen functional groups attached to an aromatic ring is 1. The molecule has 1 aromatic heterocycles.